The monoisotopic (exact) mass is 226 g/mol. The van der Waals surface area contributed by atoms with E-state index < -0.39 is 0 Å². The van der Waals surface area contributed by atoms with Crippen LogP contribution in [0.1, 0.15) is 33.1 Å². The minimum absolute atomic E-state index is 0.255. The van der Waals surface area contributed by atoms with Crippen molar-refractivity contribution in [1.82, 2.24) is 10.2 Å². The molecule has 1 aliphatic carbocycles. The van der Waals surface area contributed by atoms with Gasteiger partial charge in [0.05, 0.1) is 6.61 Å². The van der Waals surface area contributed by atoms with Gasteiger partial charge >= 0.3 is 0 Å². The normalized spacial score (nSPS) is 40.7. The summed E-state index contributed by atoms with van der Waals surface area (Å²) in [6.07, 6.45) is 4.04. The number of hydrogen-bond donors (Lipinski definition) is 2. The smallest absolute Gasteiger partial charge is 0.0556 e. The van der Waals surface area contributed by atoms with Gasteiger partial charge in [-0.25, -0.2) is 0 Å². The molecule has 2 aliphatic rings. The molecule has 16 heavy (non-hydrogen) atoms. The summed E-state index contributed by atoms with van der Waals surface area (Å²) in [6, 6.07) is 1.43. The van der Waals surface area contributed by atoms with Crippen molar-refractivity contribution in [2.24, 2.45) is 11.8 Å². The number of nitrogens with one attached hydrogen (secondary N) is 1. The van der Waals surface area contributed by atoms with Crippen LogP contribution in [-0.4, -0.2) is 48.3 Å². The number of rotatable bonds is 4. The number of aliphatic hydroxyl groups excluding tert-OH is 1. The van der Waals surface area contributed by atoms with Crippen LogP contribution in [0.15, 0.2) is 0 Å². The average molecular weight is 226 g/mol. The standard InChI is InChI=1S/C13H26N2O/c1-10-6-13(7-10)15-8-11(2)5-12(9-15)14-3-4-16/h10-14,16H,3-9H2,1-2H3. The Hall–Kier alpha value is -0.120. The summed E-state index contributed by atoms with van der Waals surface area (Å²) in [7, 11) is 0. The first kappa shape index (κ1) is 12.3. The first-order chi connectivity index (χ1) is 7.69. The van der Waals surface area contributed by atoms with Crippen molar-refractivity contribution < 1.29 is 5.11 Å². The first-order valence-electron chi connectivity index (χ1n) is 6.77. The van der Waals surface area contributed by atoms with Crippen molar-refractivity contribution in [3.8, 4) is 0 Å². The van der Waals surface area contributed by atoms with Crippen molar-refractivity contribution in [2.75, 3.05) is 26.2 Å². The van der Waals surface area contributed by atoms with Gasteiger partial charge in [-0.15, -0.1) is 0 Å². The van der Waals surface area contributed by atoms with Gasteiger partial charge in [0.25, 0.3) is 0 Å². The summed E-state index contributed by atoms with van der Waals surface area (Å²) in [5, 5.41) is 12.3. The summed E-state index contributed by atoms with van der Waals surface area (Å²) in [4.78, 5) is 2.67. The maximum atomic E-state index is 8.85. The van der Waals surface area contributed by atoms with Gasteiger partial charge in [-0.3, -0.25) is 4.90 Å². The van der Waals surface area contributed by atoms with Crippen molar-refractivity contribution in [3.05, 3.63) is 0 Å². The molecule has 0 radical (unpaired) electrons. The Labute approximate surface area is 99.2 Å². The van der Waals surface area contributed by atoms with Crippen molar-refractivity contribution >= 4 is 0 Å². The predicted molar refractivity (Wildman–Crippen MR) is 66.4 cm³/mol. The lowest BCUT2D eigenvalue weighted by Crippen LogP contribution is -2.55. The fourth-order valence-corrected chi connectivity index (χ4v) is 3.27. The molecule has 3 nitrogen and oxygen atoms in total. The highest BCUT2D eigenvalue weighted by Gasteiger charge is 2.35. The molecule has 0 aromatic rings. The second kappa shape index (κ2) is 5.48. The Morgan fingerprint density at radius 3 is 2.50 bits per heavy atom. The molecule has 1 saturated carbocycles. The summed E-state index contributed by atoms with van der Waals surface area (Å²) in [5.74, 6) is 1.73. The third kappa shape index (κ3) is 2.96. The van der Waals surface area contributed by atoms with E-state index >= 15 is 0 Å². The van der Waals surface area contributed by atoms with E-state index in [0.29, 0.717) is 6.04 Å². The van der Waals surface area contributed by atoms with Crippen LogP contribution in [0.4, 0.5) is 0 Å². The van der Waals surface area contributed by atoms with Crippen molar-refractivity contribution in [2.45, 2.75) is 45.2 Å². The molecule has 0 aromatic carbocycles. The zero-order valence-corrected chi connectivity index (χ0v) is 10.7. The van der Waals surface area contributed by atoms with Gasteiger partial charge in [0.1, 0.15) is 0 Å². The molecule has 2 atom stereocenters. The molecule has 2 unspecified atom stereocenters. The van der Waals surface area contributed by atoms with Crippen LogP contribution in [0.5, 0.6) is 0 Å². The highest BCUT2D eigenvalue weighted by atomic mass is 16.3. The molecule has 0 amide bonds. The Morgan fingerprint density at radius 2 is 1.88 bits per heavy atom. The Bertz CT molecular complexity index is 216. The number of hydrogen-bond acceptors (Lipinski definition) is 3. The predicted octanol–water partition coefficient (Wildman–Crippen LogP) is 1.08. The van der Waals surface area contributed by atoms with Gasteiger partial charge in [-0.05, 0) is 31.1 Å². The number of nitrogens with zero attached hydrogens (tertiary/aromatic N) is 1. The molecular formula is C13H26N2O. The molecule has 0 aromatic heterocycles. The van der Waals surface area contributed by atoms with Crippen LogP contribution < -0.4 is 5.32 Å². The molecule has 2 N–H and O–H groups in total. The van der Waals surface area contributed by atoms with Gasteiger partial charge in [0.15, 0.2) is 0 Å². The fourth-order valence-electron chi connectivity index (χ4n) is 3.27. The van der Waals surface area contributed by atoms with E-state index in [4.69, 9.17) is 5.11 Å². The van der Waals surface area contributed by atoms with Gasteiger partial charge in [-0.1, -0.05) is 13.8 Å². The van der Waals surface area contributed by atoms with Gasteiger partial charge in [0, 0.05) is 31.7 Å². The van der Waals surface area contributed by atoms with E-state index in [0.717, 1.165) is 24.4 Å². The van der Waals surface area contributed by atoms with Gasteiger partial charge in [-0.2, -0.15) is 0 Å². The highest BCUT2D eigenvalue weighted by molar-refractivity contribution is 4.91. The lowest BCUT2D eigenvalue weighted by Gasteiger charge is -2.47. The Kier molecular flexibility index (Phi) is 4.22. The topological polar surface area (TPSA) is 35.5 Å². The minimum Gasteiger partial charge on any atom is -0.395 e. The lowest BCUT2D eigenvalue weighted by molar-refractivity contribution is 0.0369. The van der Waals surface area contributed by atoms with Gasteiger partial charge < -0.3 is 10.4 Å². The minimum atomic E-state index is 0.255. The molecular weight excluding hydrogens is 200 g/mol. The summed E-state index contributed by atoms with van der Waals surface area (Å²) >= 11 is 0. The molecule has 1 aliphatic heterocycles. The largest absolute Gasteiger partial charge is 0.395 e. The van der Waals surface area contributed by atoms with E-state index in [-0.39, 0.29) is 6.61 Å². The van der Waals surface area contributed by atoms with Crippen LogP contribution in [0.25, 0.3) is 0 Å². The SMILES string of the molecule is CC1CC(N2CC(C)CC(NCCO)C2)C1. The first-order valence-corrected chi connectivity index (χ1v) is 6.77. The fraction of sp³-hybridized carbons (Fsp3) is 1.00. The van der Waals surface area contributed by atoms with Crippen molar-refractivity contribution in [1.29, 1.82) is 0 Å². The molecule has 0 spiro atoms. The molecule has 1 heterocycles. The Balaban J connectivity index is 1.80. The lowest BCUT2D eigenvalue weighted by atomic mass is 9.79. The summed E-state index contributed by atoms with van der Waals surface area (Å²) < 4.78 is 0. The average Bonchev–Trinajstić information content (AvgIpc) is 2.21. The third-order valence-corrected chi connectivity index (χ3v) is 4.10. The van der Waals surface area contributed by atoms with E-state index in [2.05, 4.69) is 24.1 Å². The van der Waals surface area contributed by atoms with E-state index in [1.165, 1.54) is 32.4 Å². The quantitative estimate of drug-likeness (QED) is 0.753. The van der Waals surface area contributed by atoms with Crippen LogP contribution in [0, 0.1) is 11.8 Å². The molecule has 3 heteroatoms. The summed E-state index contributed by atoms with van der Waals surface area (Å²) in [6.45, 7) is 8.15. The number of likely N-dealkylation sites (tertiary alicyclic amines) is 1. The van der Waals surface area contributed by atoms with E-state index in [1.54, 1.807) is 0 Å². The maximum absolute atomic E-state index is 8.85. The molecule has 0 bridgehead atoms. The van der Waals surface area contributed by atoms with Gasteiger partial charge in [0.2, 0.25) is 0 Å². The second-order valence-electron chi connectivity index (χ2n) is 5.90. The molecule has 2 rings (SSSR count). The Morgan fingerprint density at radius 1 is 1.12 bits per heavy atom. The number of aliphatic hydroxyl groups is 1. The molecule has 94 valence electrons. The van der Waals surface area contributed by atoms with E-state index in [9.17, 15) is 0 Å². The summed E-state index contributed by atoms with van der Waals surface area (Å²) in [5.41, 5.74) is 0. The second-order valence-corrected chi connectivity index (χ2v) is 5.90. The van der Waals surface area contributed by atoms with E-state index in [1.807, 2.05) is 0 Å². The van der Waals surface area contributed by atoms with Crippen LogP contribution in [0.3, 0.4) is 0 Å². The van der Waals surface area contributed by atoms with Crippen LogP contribution >= 0.6 is 0 Å². The van der Waals surface area contributed by atoms with Crippen molar-refractivity contribution in [3.63, 3.8) is 0 Å². The molecule has 2 fully saturated rings. The molecule has 1 saturated heterocycles. The van der Waals surface area contributed by atoms with Crippen LogP contribution in [-0.2, 0) is 0 Å². The zero-order valence-electron chi connectivity index (χ0n) is 10.7. The highest BCUT2D eigenvalue weighted by Crippen LogP contribution is 2.33. The maximum Gasteiger partial charge on any atom is 0.0556 e. The zero-order chi connectivity index (χ0) is 11.5. The third-order valence-electron chi connectivity index (χ3n) is 4.10. The van der Waals surface area contributed by atoms with Crippen LogP contribution in [0.2, 0.25) is 0 Å². The number of piperidine rings is 1.